The smallest absolute Gasteiger partial charge is 0.296 e. The van der Waals surface area contributed by atoms with E-state index in [1.54, 1.807) is 0 Å². The third-order valence-corrected chi connectivity index (χ3v) is 7.29. The number of hydrogen-bond donors (Lipinski definition) is 0. The summed E-state index contributed by atoms with van der Waals surface area (Å²) in [5, 5.41) is 9.18. The van der Waals surface area contributed by atoms with E-state index >= 15 is 0 Å². The van der Waals surface area contributed by atoms with Crippen molar-refractivity contribution in [3.05, 3.63) is 93.9 Å². The fourth-order valence-corrected chi connectivity index (χ4v) is 5.25. The number of hydrogen-bond acceptors (Lipinski definition) is 3. The minimum Gasteiger partial charge on any atom is -0.296 e. The molecule has 1 saturated heterocycles. The van der Waals surface area contributed by atoms with E-state index in [0.717, 1.165) is 65.0 Å². The normalized spacial score (nSPS) is 14.7. The first-order valence-electron chi connectivity index (χ1n) is 12.5. The number of nitriles is 1. The Kier molecular flexibility index (Phi) is 7.26. The zero-order valence-electron chi connectivity index (χ0n) is 21.2. The van der Waals surface area contributed by atoms with Gasteiger partial charge in [-0.2, -0.15) is 0 Å². The molecular weight excluding hydrogens is 431 g/mol. The highest BCUT2D eigenvalue weighted by atomic mass is 16.1. The molecule has 0 spiro atoms. The molecule has 178 valence electrons. The molecule has 0 N–H and O–H groups in total. The SMILES string of the molecule is C=C(/C=C(\C)c1c(C)n(CC)c(=O)n1-c1ccc(C2CCB(C#N)CC2)cc1)c1ccc(C)nc1. The third-order valence-electron chi connectivity index (χ3n) is 7.29. The maximum atomic E-state index is 13.4. The van der Waals surface area contributed by atoms with Crippen LogP contribution in [0.4, 0.5) is 0 Å². The van der Waals surface area contributed by atoms with Gasteiger partial charge in [-0.05, 0) is 80.2 Å². The summed E-state index contributed by atoms with van der Waals surface area (Å²) in [6.45, 7) is 13.1. The summed E-state index contributed by atoms with van der Waals surface area (Å²) in [4.78, 5) is 17.8. The summed E-state index contributed by atoms with van der Waals surface area (Å²) in [6.07, 6.45) is 7.90. The Hall–Kier alpha value is -3.59. The Balaban J connectivity index is 1.69. The van der Waals surface area contributed by atoms with E-state index in [0.29, 0.717) is 12.5 Å². The van der Waals surface area contributed by atoms with Gasteiger partial charge in [0.15, 0.2) is 0 Å². The summed E-state index contributed by atoms with van der Waals surface area (Å²) in [5.74, 6) is 2.90. The van der Waals surface area contributed by atoms with Gasteiger partial charge in [-0.15, -0.1) is 0 Å². The Bertz CT molecular complexity index is 1350. The molecule has 3 aromatic rings. The molecular formula is C29H33BN4O. The molecule has 0 atom stereocenters. The molecule has 0 amide bonds. The van der Waals surface area contributed by atoms with Crippen molar-refractivity contribution in [2.24, 2.45) is 0 Å². The number of pyridine rings is 1. The van der Waals surface area contributed by atoms with Crippen molar-refractivity contribution >= 4 is 17.9 Å². The molecule has 35 heavy (non-hydrogen) atoms. The molecule has 0 radical (unpaired) electrons. The van der Waals surface area contributed by atoms with Crippen LogP contribution in [0, 0.1) is 25.1 Å². The largest absolute Gasteiger partial charge is 0.333 e. The van der Waals surface area contributed by atoms with E-state index in [1.807, 2.05) is 61.2 Å². The van der Waals surface area contributed by atoms with E-state index in [2.05, 4.69) is 41.8 Å². The molecule has 1 fully saturated rings. The van der Waals surface area contributed by atoms with Crippen molar-refractivity contribution in [2.75, 3.05) is 0 Å². The highest BCUT2D eigenvalue weighted by Gasteiger charge is 2.25. The summed E-state index contributed by atoms with van der Waals surface area (Å²) < 4.78 is 3.64. The second-order valence-corrected chi connectivity index (χ2v) is 9.61. The van der Waals surface area contributed by atoms with Gasteiger partial charge in [0.2, 0.25) is 0 Å². The van der Waals surface area contributed by atoms with Gasteiger partial charge in [-0.25, -0.2) is 10.1 Å². The van der Waals surface area contributed by atoms with Crippen molar-refractivity contribution in [2.45, 2.75) is 65.6 Å². The van der Waals surface area contributed by atoms with E-state index < -0.39 is 0 Å². The lowest BCUT2D eigenvalue weighted by Crippen LogP contribution is -2.23. The Morgan fingerprint density at radius 2 is 1.89 bits per heavy atom. The monoisotopic (exact) mass is 464 g/mol. The van der Waals surface area contributed by atoms with Gasteiger partial charge in [-0.3, -0.25) is 14.1 Å². The summed E-state index contributed by atoms with van der Waals surface area (Å²) in [5.41, 5.74) is 7.75. The van der Waals surface area contributed by atoms with Gasteiger partial charge in [-0.1, -0.05) is 50.3 Å². The van der Waals surface area contributed by atoms with Crippen LogP contribution in [-0.4, -0.2) is 20.8 Å². The average Bonchev–Trinajstić information content (AvgIpc) is 3.13. The number of imidazole rings is 1. The molecule has 0 bridgehead atoms. The molecule has 5 nitrogen and oxygen atoms in total. The molecule has 0 unspecified atom stereocenters. The number of allylic oxidation sites excluding steroid dienone is 3. The molecule has 1 aromatic carbocycles. The average molecular weight is 464 g/mol. The van der Waals surface area contributed by atoms with Crippen LogP contribution in [0.2, 0.25) is 12.6 Å². The van der Waals surface area contributed by atoms with Crippen molar-refractivity contribution in [3.8, 4) is 11.7 Å². The summed E-state index contributed by atoms with van der Waals surface area (Å²) >= 11 is 0. The van der Waals surface area contributed by atoms with Gasteiger partial charge in [0, 0.05) is 30.1 Å². The van der Waals surface area contributed by atoms with Gasteiger partial charge in [0.1, 0.15) is 0 Å². The highest BCUT2D eigenvalue weighted by molar-refractivity contribution is 6.67. The van der Waals surface area contributed by atoms with Crippen molar-refractivity contribution in [1.29, 1.82) is 5.26 Å². The summed E-state index contributed by atoms with van der Waals surface area (Å²) in [7, 11) is 0. The molecule has 1 aliphatic heterocycles. The highest BCUT2D eigenvalue weighted by Crippen LogP contribution is 2.34. The van der Waals surface area contributed by atoms with Crippen molar-refractivity contribution in [1.82, 2.24) is 14.1 Å². The zero-order chi connectivity index (χ0) is 25.1. The fourth-order valence-electron chi connectivity index (χ4n) is 5.25. The van der Waals surface area contributed by atoms with Gasteiger partial charge < -0.3 is 0 Å². The van der Waals surface area contributed by atoms with Crippen LogP contribution in [-0.2, 0) is 6.54 Å². The van der Waals surface area contributed by atoms with Crippen LogP contribution in [0.3, 0.4) is 0 Å². The van der Waals surface area contributed by atoms with Gasteiger partial charge in [0.25, 0.3) is 6.71 Å². The molecule has 3 heterocycles. The summed E-state index contributed by atoms with van der Waals surface area (Å²) in [6, 6.07) is 12.4. The second kappa shape index (κ2) is 10.4. The zero-order valence-corrected chi connectivity index (χ0v) is 21.2. The van der Waals surface area contributed by atoms with E-state index in [9.17, 15) is 10.1 Å². The first kappa shape index (κ1) is 24.5. The molecule has 0 aliphatic carbocycles. The van der Waals surface area contributed by atoms with Crippen LogP contribution < -0.4 is 5.69 Å². The van der Waals surface area contributed by atoms with Crippen LogP contribution >= 0.6 is 0 Å². The van der Waals surface area contributed by atoms with E-state index in [4.69, 9.17) is 0 Å². The quantitative estimate of drug-likeness (QED) is 0.321. The topological polar surface area (TPSA) is 63.6 Å². The molecule has 6 heteroatoms. The number of aromatic nitrogens is 3. The van der Waals surface area contributed by atoms with Crippen molar-refractivity contribution < 1.29 is 0 Å². The molecule has 1 aliphatic rings. The molecule has 0 saturated carbocycles. The Labute approximate surface area is 208 Å². The number of rotatable bonds is 6. The van der Waals surface area contributed by atoms with E-state index in [1.165, 1.54) is 5.56 Å². The second-order valence-electron chi connectivity index (χ2n) is 9.61. The van der Waals surface area contributed by atoms with Crippen molar-refractivity contribution in [3.63, 3.8) is 0 Å². The van der Waals surface area contributed by atoms with Crippen LogP contribution in [0.15, 0.2) is 60.0 Å². The number of nitrogens with zero attached hydrogens (tertiary/aromatic N) is 4. The van der Waals surface area contributed by atoms with Crippen LogP contribution in [0.1, 0.15) is 60.8 Å². The predicted molar refractivity (Wildman–Crippen MR) is 145 cm³/mol. The Morgan fingerprint density at radius 1 is 1.20 bits per heavy atom. The van der Waals surface area contributed by atoms with E-state index in [-0.39, 0.29) is 12.4 Å². The van der Waals surface area contributed by atoms with Crippen LogP contribution in [0.5, 0.6) is 0 Å². The molecule has 2 aromatic heterocycles. The third kappa shape index (κ3) is 4.95. The lowest BCUT2D eigenvalue weighted by atomic mass is 9.41. The lowest BCUT2D eigenvalue weighted by molar-refractivity contribution is 0.611. The first-order valence-corrected chi connectivity index (χ1v) is 12.5. The first-order chi connectivity index (χ1) is 16.8. The number of benzene rings is 1. The number of aryl methyl sites for hydroxylation is 1. The van der Waals surface area contributed by atoms with Gasteiger partial charge in [0.05, 0.1) is 11.4 Å². The predicted octanol–water partition coefficient (Wildman–Crippen LogP) is 6.22. The van der Waals surface area contributed by atoms with Crippen LogP contribution in [0.25, 0.3) is 16.8 Å². The minimum absolute atomic E-state index is 0.0300. The minimum atomic E-state index is -0.0300. The Morgan fingerprint density at radius 3 is 2.46 bits per heavy atom. The molecule has 4 rings (SSSR count). The maximum Gasteiger partial charge on any atom is 0.333 e. The lowest BCUT2D eigenvalue weighted by Gasteiger charge is -2.23. The fraction of sp³-hybridized carbons (Fsp3) is 0.345. The standard InChI is InChI=1S/C29H33BN4O/c1-6-33-23(5)28(21(3)17-20(2)26-8-7-22(4)32-18-26)34(29(33)35)27-11-9-24(10-12-27)25-13-15-30(19-31)16-14-25/h7-12,17-18,25H,2,6,13-16H2,1,3-5H3/b21-17+. The van der Waals surface area contributed by atoms with Gasteiger partial charge >= 0.3 is 5.69 Å². The maximum absolute atomic E-state index is 13.4.